The first-order chi connectivity index (χ1) is 7.83. The summed E-state index contributed by atoms with van der Waals surface area (Å²) in [5.74, 6) is 0.977. The Morgan fingerprint density at radius 2 is 2.38 bits per heavy atom. The van der Waals surface area contributed by atoms with E-state index < -0.39 is 0 Å². The first kappa shape index (κ1) is 9.66. The molecule has 1 aliphatic carbocycles. The monoisotopic (exact) mass is 217 g/mol. The van der Waals surface area contributed by atoms with Crippen LogP contribution in [0.3, 0.4) is 0 Å². The van der Waals surface area contributed by atoms with Gasteiger partial charge in [0.2, 0.25) is 0 Å². The van der Waals surface area contributed by atoms with Gasteiger partial charge in [-0.3, -0.25) is 4.68 Å². The largest absolute Gasteiger partial charge is 0.467 e. The lowest BCUT2D eigenvalue weighted by molar-refractivity contribution is 0.483. The maximum atomic E-state index is 5.49. The lowest BCUT2D eigenvalue weighted by Crippen LogP contribution is -2.15. The minimum Gasteiger partial charge on any atom is -0.467 e. The van der Waals surface area contributed by atoms with Gasteiger partial charge in [0.25, 0.3) is 0 Å². The number of hydrogen-bond donors (Lipinski definition) is 1. The van der Waals surface area contributed by atoms with Crippen LogP contribution in [-0.4, -0.2) is 15.8 Å². The molecule has 4 heteroatoms. The van der Waals surface area contributed by atoms with Crippen molar-refractivity contribution in [3.8, 4) is 11.3 Å². The summed E-state index contributed by atoms with van der Waals surface area (Å²) >= 11 is 0. The smallest absolute Gasteiger partial charge is 0.126 e. The minimum absolute atomic E-state index is 0.696. The highest BCUT2D eigenvalue weighted by molar-refractivity contribution is 5.60. The molecule has 16 heavy (non-hydrogen) atoms. The number of aryl methyl sites for hydroxylation is 1. The Labute approximate surface area is 94.3 Å². The molecule has 1 fully saturated rings. The fraction of sp³-hybridized carbons (Fsp3) is 0.417. The van der Waals surface area contributed by atoms with Crippen LogP contribution in [-0.2, 0) is 13.6 Å². The predicted molar refractivity (Wildman–Crippen MR) is 60.8 cm³/mol. The molecule has 1 aliphatic rings. The molecule has 0 radical (unpaired) electrons. The molecule has 4 nitrogen and oxygen atoms in total. The van der Waals surface area contributed by atoms with E-state index in [-0.39, 0.29) is 0 Å². The van der Waals surface area contributed by atoms with Crippen molar-refractivity contribution < 1.29 is 4.42 Å². The van der Waals surface area contributed by atoms with Gasteiger partial charge in [0.15, 0.2) is 0 Å². The van der Waals surface area contributed by atoms with Crippen molar-refractivity contribution in [3.05, 3.63) is 30.4 Å². The maximum absolute atomic E-state index is 5.49. The SMILES string of the molecule is Cn1ccc(-c2ccoc2CNC2CC2)n1. The number of hydrogen-bond acceptors (Lipinski definition) is 3. The lowest BCUT2D eigenvalue weighted by Gasteiger charge is -2.01. The Morgan fingerprint density at radius 3 is 3.06 bits per heavy atom. The molecule has 0 atom stereocenters. The van der Waals surface area contributed by atoms with E-state index in [1.165, 1.54) is 12.8 Å². The second kappa shape index (κ2) is 3.79. The quantitative estimate of drug-likeness (QED) is 0.851. The number of nitrogens with zero attached hydrogens (tertiary/aromatic N) is 2. The molecular formula is C12H15N3O. The molecule has 2 aromatic heterocycles. The summed E-state index contributed by atoms with van der Waals surface area (Å²) < 4.78 is 7.30. The third-order valence-corrected chi connectivity index (χ3v) is 2.86. The van der Waals surface area contributed by atoms with Gasteiger partial charge in [-0.05, 0) is 25.0 Å². The Balaban J connectivity index is 1.80. The van der Waals surface area contributed by atoms with Crippen LogP contribution in [0.5, 0.6) is 0 Å². The van der Waals surface area contributed by atoms with Crippen molar-refractivity contribution >= 4 is 0 Å². The van der Waals surface area contributed by atoms with E-state index in [0.29, 0.717) is 6.04 Å². The first-order valence-corrected chi connectivity index (χ1v) is 5.63. The number of furan rings is 1. The zero-order valence-corrected chi connectivity index (χ0v) is 9.31. The molecule has 0 amide bonds. The lowest BCUT2D eigenvalue weighted by atomic mass is 10.2. The van der Waals surface area contributed by atoms with Crippen molar-refractivity contribution in [2.45, 2.75) is 25.4 Å². The second-order valence-electron chi connectivity index (χ2n) is 4.29. The van der Waals surface area contributed by atoms with E-state index in [4.69, 9.17) is 4.42 Å². The van der Waals surface area contributed by atoms with E-state index in [9.17, 15) is 0 Å². The summed E-state index contributed by atoms with van der Waals surface area (Å²) in [7, 11) is 1.92. The number of nitrogens with one attached hydrogen (secondary N) is 1. The van der Waals surface area contributed by atoms with Crippen molar-refractivity contribution in [3.63, 3.8) is 0 Å². The Kier molecular flexibility index (Phi) is 2.29. The standard InChI is InChI=1S/C12H15N3O/c1-15-6-4-11(14-15)10-5-7-16-12(10)8-13-9-2-3-9/h4-7,9,13H,2-3,8H2,1H3. The summed E-state index contributed by atoms with van der Waals surface area (Å²) in [6.45, 7) is 0.795. The summed E-state index contributed by atoms with van der Waals surface area (Å²) in [6.07, 6.45) is 6.26. The van der Waals surface area contributed by atoms with Gasteiger partial charge in [-0.15, -0.1) is 0 Å². The molecule has 0 spiro atoms. The van der Waals surface area contributed by atoms with Gasteiger partial charge in [0, 0.05) is 24.8 Å². The first-order valence-electron chi connectivity index (χ1n) is 5.63. The van der Waals surface area contributed by atoms with Crippen LogP contribution in [0.1, 0.15) is 18.6 Å². The zero-order valence-electron chi connectivity index (χ0n) is 9.31. The number of aromatic nitrogens is 2. The molecule has 0 aromatic carbocycles. The van der Waals surface area contributed by atoms with Crippen LogP contribution in [0.25, 0.3) is 11.3 Å². The molecule has 0 aliphatic heterocycles. The van der Waals surface area contributed by atoms with Crippen molar-refractivity contribution in [2.24, 2.45) is 7.05 Å². The summed E-state index contributed by atoms with van der Waals surface area (Å²) in [6, 6.07) is 4.68. The van der Waals surface area contributed by atoms with E-state index in [1.807, 2.05) is 25.4 Å². The van der Waals surface area contributed by atoms with Crippen LogP contribution in [0.4, 0.5) is 0 Å². The average Bonchev–Trinajstić information content (AvgIpc) is 2.82. The fourth-order valence-electron chi connectivity index (χ4n) is 1.79. The van der Waals surface area contributed by atoms with E-state index >= 15 is 0 Å². The molecular weight excluding hydrogens is 202 g/mol. The molecule has 1 N–H and O–H groups in total. The zero-order chi connectivity index (χ0) is 11.0. The third-order valence-electron chi connectivity index (χ3n) is 2.86. The Morgan fingerprint density at radius 1 is 1.50 bits per heavy atom. The predicted octanol–water partition coefficient (Wildman–Crippen LogP) is 1.93. The second-order valence-corrected chi connectivity index (χ2v) is 4.29. The molecule has 0 unspecified atom stereocenters. The van der Waals surface area contributed by atoms with Gasteiger partial charge in [0.1, 0.15) is 5.76 Å². The highest BCUT2D eigenvalue weighted by Crippen LogP contribution is 2.25. The normalized spacial score (nSPS) is 15.6. The molecule has 84 valence electrons. The van der Waals surface area contributed by atoms with E-state index in [1.54, 1.807) is 10.9 Å². The molecule has 3 rings (SSSR count). The summed E-state index contributed by atoms with van der Waals surface area (Å²) in [5.41, 5.74) is 2.07. The topological polar surface area (TPSA) is 43.0 Å². The van der Waals surface area contributed by atoms with Crippen molar-refractivity contribution in [2.75, 3.05) is 0 Å². The van der Waals surface area contributed by atoms with Crippen LogP contribution in [0, 0.1) is 0 Å². The highest BCUT2D eigenvalue weighted by Gasteiger charge is 2.21. The average molecular weight is 217 g/mol. The summed E-state index contributed by atoms with van der Waals surface area (Å²) in [4.78, 5) is 0. The van der Waals surface area contributed by atoms with Gasteiger partial charge in [-0.25, -0.2) is 0 Å². The highest BCUT2D eigenvalue weighted by atomic mass is 16.3. The minimum atomic E-state index is 0.696. The Hall–Kier alpha value is -1.55. The van der Waals surface area contributed by atoms with Gasteiger partial charge in [0.05, 0.1) is 18.5 Å². The molecule has 0 bridgehead atoms. The van der Waals surface area contributed by atoms with Gasteiger partial charge in [-0.2, -0.15) is 5.10 Å². The third kappa shape index (κ3) is 1.88. The van der Waals surface area contributed by atoms with Gasteiger partial charge in [-0.1, -0.05) is 0 Å². The van der Waals surface area contributed by atoms with Crippen molar-refractivity contribution in [1.82, 2.24) is 15.1 Å². The molecule has 2 aromatic rings. The van der Waals surface area contributed by atoms with Crippen LogP contribution in [0.2, 0.25) is 0 Å². The van der Waals surface area contributed by atoms with E-state index in [0.717, 1.165) is 23.6 Å². The van der Waals surface area contributed by atoms with Crippen molar-refractivity contribution in [1.29, 1.82) is 0 Å². The fourth-order valence-corrected chi connectivity index (χ4v) is 1.79. The summed E-state index contributed by atoms with van der Waals surface area (Å²) in [5, 5.41) is 7.83. The Bertz CT molecular complexity index is 482. The van der Waals surface area contributed by atoms with E-state index in [2.05, 4.69) is 10.4 Å². The van der Waals surface area contributed by atoms with Crippen LogP contribution < -0.4 is 5.32 Å². The van der Waals surface area contributed by atoms with Gasteiger partial charge < -0.3 is 9.73 Å². The van der Waals surface area contributed by atoms with Crippen LogP contribution in [0.15, 0.2) is 29.0 Å². The van der Waals surface area contributed by atoms with Gasteiger partial charge >= 0.3 is 0 Å². The maximum Gasteiger partial charge on any atom is 0.126 e. The van der Waals surface area contributed by atoms with Crippen LogP contribution >= 0.6 is 0 Å². The molecule has 0 saturated heterocycles. The molecule has 2 heterocycles. The molecule has 1 saturated carbocycles. The number of rotatable bonds is 4.